The van der Waals surface area contributed by atoms with E-state index in [-0.39, 0.29) is 11.5 Å². The second kappa shape index (κ2) is 3.73. The first-order chi connectivity index (χ1) is 6.59. The lowest BCUT2D eigenvalue weighted by atomic mass is 10.0. The van der Waals surface area contributed by atoms with Crippen molar-refractivity contribution in [3.05, 3.63) is 32.9 Å². The maximum atomic E-state index is 13.4. The van der Waals surface area contributed by atoms with E-state index < -0.39 is 17.7 Å². The lowest BCUT2D eigenvalue weighted by molar-refractivity contribution is 0.502. The summed E-state index contributed by atoms with van der Waals surface area (Å²) in [5.74, 6) is -0.776. The Bertz CT molecular complexity index is 340. The van der Waals surface area contributed by atoms with E-state index in [2.05, 4.69) is 0 Å². The van der Waals surface area contributed by atoms with Crippen LogP contribution in [-0.2, 0) is 0 Å². The molecule has 0 bridgehead atoms. The first-order valence-electron chi connectivity index (χ1n) is 4.49. The van der Waals surface area contributed by atoms with Crippen LogP contribution in [0, 0.1) is 21.1 Å². The van der Waals surface area contributed by atoms with Crippen LogP contribution in [0.2, 0.25) is 0 Å². The molecule has 0 unspecified atom stereocenters. The largest absolute Gasteiger partial charge is 0.324 e. The summed E-state index contributed by atoms with van der Waals surface area (Å²) in [5.41, 5.74) is 5.82. The fourth-order valence-electron chi connectivity index (χ4n) is 1.56. The third-order valence-electron chi connectivity index (χ3n) is 2.51. The molecule has 1 aromatic rings. The van der Waals surface area contributed by atoms with Crippen LogP contribution in [-0.4, -0.2) is 0 Å². The average molecular weight is 309 g/mol. The zero-order chi connectivity index (χ0) is 10.3. The number of hydrogen-bond acceptors (Lipinski definition) is 1. The lowest BCUT2D eigenvalue weighted by Gasteiger charge is -2.13. The van der Waals surface area contributed by atoms with Gasteiger partial charge in [-0.1, -0.05) is 0 Å². The van der Waals surface area contributed by atoms with Crippen LogP contribution in [0.5, 0.6) is 0 Å². The summed E-state index contributed by atoms with van der Waals surface area (Å²) < 4.78 is 27.4. The number of hydrogen-bond donors (Lipinski definition) is 1. The van der Waals surface area contributed by atoms with Gasteiger partial charge in [-0.15, -0.1) is 0 Å². The van der Waals surface area contributed by atoms with E-state index in [9.17, 15) is 8.78 Å². The molecule has 1 aliphatic carbocycles. The van der Waals surface area contributed by atoms with Gasteiger partial charge in [0.05, 0.1) is 0 Å². The van der Waals surface area contributed by atoms with Crippen LogP contribution in [0.25, 0.3) is 0 Å². The summed E-state index contributed by atoms with van der Waals surface area (Å²) in [6.07, 6.45) is 1.96. The van der Waals surface area contributed by atoms with Gasteiger partial charge in [-0.05, 0) is 53.5 Å². The molecular formula is C10H10F2IN. The summed E-state index contributed by atoms with van der Waals surface area (Å²) in [7, 11) is 0. The van der Waals surface area contributed by atoms with Crippen molar-refractivity contribution in [3.8, 4) is 0 Å². The second-order valence-electron chi connectivity index (χ2n) is 3.65. The molecule has 76 valence electrons. The van der Waals surface area contributed by atoms with Crippen LogP contribution in [0.4, 0.5) is 8.78 Å². The third kappa shape index (κ3) is 1.91. The Morgan fingerprint density at radius 1 is 1.29 bits per heavy atom. The quantitative estimate of drug-likeness (QED) is 0.835. The van der Waals surface area contributed by atoms with Crippen molar-refractivity contribution < 1.29 is 8.78 Å². The summed E-state index contributed by atoms with van der Waals surface area (Å²) in [6, 6.07) is 2.16. The highest BCUT2D eigenvalue weighted by Gasteiger charge is 2.32. The number of nitrogens with two attached hydrogens (primary N) is 1. The predicted molar refractivity (Wildman–Crippen MR) is 58.7 cm³/mol. The molecule has 1 aliphatic rings. The van der Waals surface area contributed by atoms with Gasteiger partial charge >= 0.3 is 0 Å². The first-order valence-corrected chi connectivity index (χ1v) is 5.57. The molecule has 2 N–H and O–H groups in total. The monoisotopic (exact) mass is 309 g/mol. The van der Waals surface area contributed by atoms with Crippen molar-refractivity contribution >= 4 is 22.6 Å². The maximum absolute atomic E-state index is 13.4. The molecule has 0 aliphatic heterocycles. The van der Waals surface area contributed by atoms with E-state index in [1.165, 1.54) is 12.1 Å². The maximum Gasteiger partial charge on any atom is 0.131 e. The summed E-state index contributed by atoms with van der Waals surface area (Å²) >= 11 is 1.88. The van der Waals surface area contributed by atoms with Gasteiger partial charge in [0.1, 0.15) is 11.6 Å². The Morgan fingerprint density at radius 2 is 1.79 bits per heavy atom. The second-order valence-corrected chi connectivity index (χ2v) is 4.89. The molecule has 14 heavy (non-hydrogen) atoms. The highest BCUT2D eigenvalue weighted by Crippen LogP contribution is 2.41. The zero-order valence-electron chi connectivity index (χ0n) is 7.43. The topological polar surface area (TPSA) is 26.0 Å². The smallest absolute Gasteiger partial charge is 0.131 e. The molecule has 2 rings (SSSR count). The first kappa shape index (κ1) is 10.3. The van der Waals surface area contributed by atoms with Gasteiger partial charge in [0.15, 0.2) is 0 Å². The lowest BCUT2D eigenvalue weighted by Crippen LogP contribution is -2.16. The summed E-state index contributed by atoms with van der Waals surface area (Å²) in [4.78, 5) is 0. The third-order valence-corrected chi connectivity index (χ3v) is 3.13. The fourth-order valence-corrected chi connectivity index (χ4v) is 2.11. The zero-order valence-corrected chi connectivity index (χ0v) is 9.59. The van der Waals surface area contributed by atoms with Crippen molar-refractivity contribution in [2.24, 2.45) is 11.7 Å². The summed E-state index contributed by atoms with van der Waals surface area (Å²) in [5, 5.41) is 0. The molecule has 0 amide bonds. The van der Waals surface area contributed by atoms with Crippen molar-refractivity contribution in [2.45, 2.75) is 18.9 Å². The van der Waals surface area contributed by atoms with Crippen LogP contribution in [0.1, 0.15) is 24.4 Å². The number of rotatable bonds is 2. The molecule has 0 aromatic heterocycles. The van der Waals surface area contributed by atoms with E-state index >= 15 is 0 Å². The van der Waals surface area contributed by atoms with Crippen LogP contribution >= 0.6 is 22.6 Å². The molecule has 0 heterocycles. The average Bonchev–Trinajstić information content (AvgIpc) is 2.83. The highest BCUT2D eigenvalue weighted by molar-refractivity contribution is 14.1. The van der Waals surface area contributed by atoms with Gasteiger partial charge in [0.2, 0.25) is 0 Å². The van der Waals surface area contributed by atoms with Gasteiger partial charge in [0, 0.05) is 15.2 Å². The van der Waals surface area contributed by atoms with E-state index in [1.54, 1.807) is 0 Å². The van der Waals surface area contributed by atoms with E-state index in [1.807, 2.05) is 22.6 Å². The molecule has 0 saturated heterocycles. The molecule has 1 atom stereocenters. The molecule has 1 fully saturated rings. The minimum atomic E-state index is -0.520. The van der Waals surface area contributed by atoms with E-state index in [4.69, 9.17) is 5.73 Å². The van der Waals surface area contributed by atoms with E-state index in [0.29, 0.717) is 3.57 Å². The van der Waals surface area contributed by atoms with Crippen molar-refractivity contribution in [1.82, 2.24) is 0 Å². The minimum Gasteiger partial charge on any atom is -0.324 e. The van der Waals surface area contributed by atoms with Crippen LogP contribution in [0.3, 0.4) is 0 Å². The molecule has 4 heteroatoms. The van der Waals surface area contributed by atoms with Gasteiger partial charge < -0.3 is 5.73 Å². The summed E-state index contributed by atoms with van der Waals surface area (Å²) in [6.45, 7) is 0. The number of halogens is 3. The van der Waals surface area contributed by atoms with Crippen molar-refractivity contribution in [3.63, 3.8) is 0 Å². The fraction of sp³-hybridized carbons (Fsp3) is 0.400. The minimum absolute atomic E-state index is 0.0490. The Kier molecular flexibility index (Phi) is 2.74. The normalized spacial score (nSPS) is 18.3. The van der Waals surface area contributed by atoms with Crippen LogP contribution in [0.15, 0.2) is 12.1 Å². The van der Waals surface area contributed by atoms with Gasteiger partial charge in [-0.3, -0.25) is 0 Å². The Balaban J connectivity index is 2.40. The molecule has 0 spiro atoms. The van der Waals surface area contributed by atoms with Crippen LogP contribution < -0.4 is 5.73 Å². The standard InChI is InChI=1S/C10H10F2IN/c11-7-3-6(13)4-8(12)9(7)10(14)5-1-2-5/h3-5,10H,1-2,14H2/t10-/m0/s1. The van der Waals surface area contributed by atoms with Gasteiger partial charge in [-0.25, -0.2) is 8.78 Å². The van der Waals surface area contributed by atoms with Crippen molar-refractivity contribution in [2.75, 3.05) is 0 Å². The molecule has 0 radical (unpaired) electrons. The number of benzene rings is 1. The highest BCUT2D eigenvalue weighted by atomic mass is 127. The predicted octanol–water partition coefficient (Wildman–Crippen LogP) is 2.98. The molecule has 1 aromatic carbocycles. The van der Waals surface area contributed by atoms with Gasteiger partial charge in [0.25, 0.3) is 0 Å². The Morgan fingerprint density at radius 3 is 2.21 bits per heavy atom. The Labute approximate surface area is 94.8 Å². The molecular weight excluding hydrogens is 299 g/mol. The SMILES string of the molecule is N[C@H](c1c(F)cc(I)cc1F)C1CC1. The Hall–Kier alpha value is -0.230. The molecule has 1 nitrogen and oxygen atoms in total. The van der Waals surface area contributed by atoms with Gasteiger partial charge in [-0.2, -0.15) is 0 Å². The van der Waals surface area contributed by atoms with Crippen molar-refractivity contribution in [1.29, 1.82) is 0 Å². The molecule has 1 saturated carbocycles. The van der Waals surface area contributed by atoms with E-state index in [0.717, 1.165) is 12.8 Å².